The molecule has 98 valence electrons. The highest BCUT2D eigenvalue weighted by atomic mass is 14.9. The van der Waals surface area contributed by atoms with E-state index >= 15 is 0 Å². The fourth-order valence-electron chi connectivity index (χ4n) is 3.25. The van der Waals surface area contributed by atoms with Crippen LogP contribution in [-0.4, -0.2) is 13.1 Å². The van der Waals surface area contributed by atoms with Crippen LogP contribution in [0, 0.1) is 0 Å². The van der Waals surface area contributed by atoms with Gasteiger partial charge in [0.05, 0.1) is 0 Å². The Kier molecular flexibility index (Phi) is 3.65. The number of benzene rings is 2. The maximum absolute atomic E-state index is 3.50. The molecule has 2 aromatic carbocycles. The second kappa shape index (κ2) is 5.58. The summed E-state index contributed by atoms with van der Waals surface area (Å²) in [5.74, 6) is 0. The lowest BCUT2D eigenvalue weighted by molar-refractivity contribution is 0.305. The van der Waals surface area contributed by atoms with Crippen molar-refractivity contribution < 1.29 is 0 Å². The van der Waals surface area contributed by atoms with Gasteiger partial charge >= 0.3 is 0 Å². The second-order valence-corrected chi connectivity index (χ2v) is 5.56. The minimum Gasteiger partial charge on any atom is -0.317 e. The average Bonchev–Trinajstić information content (AvgIpc) is 2.50. The lowest BCUT2D eigenvalue weighted by Gasteiger charge is -2.38. The molecule has 0 radical (unpaired) electrons. The zero-order valence-corrected chi connectivity index (χ0v) is 11.3. The molecule has 1 N–H and O–H groups in total. The van der Waals surface area contributed by atoms with Gasteiger partial charge in [0.25, 0.3) is 0 Å². The first-order valence-electron chi connectivity index (χ1n) is 7.19. The van der Waals surface area contributed by atoms with Crippen LogP contribution in [0.1, 0.15) is 24.0 Å². The van der Waals surface area contributed by atoms with Gasteiger partial charge in [0.2, 0.25) is 0 Å². The summed E-state index contributed by atoms with van der Waals surface area (Å²) in [4.78, 5) is 0. The minimum atomic E-state index is 0.313. The van der Waals surface area contributed by atoms with Gasteiger partial charge in [-0.1, -0.05) is 60.7 Å². The molecule has 0 bridgehead atoms. The predicted octanol–water partition coefficient (Wildman–Crippen LogP) is 3.55. The quantitative estimate of drug-likeness (QED) is 0.879. The lowest BCUT2D eigenvalue weighted by Crippen LogP contribution is -2.41. The van der Waals surface area contributed by atoms with Crippen LogP contribution in [0.4, 0.5) is 0 Å². The molecule has 1 aliphatic rings. The van der Waals surface area contributed by atoms with Crippen LogP contribution in [0.25, 0.3) is 0 Å². The van der Waals surface area contributed by atoms with Crippen molar-refractivity contribution in [2.75, 3.05) is 13.1 Å². The van der Waals surface area contributed by atoms with Gasteiger partial charge in [-0.15, -0.1) is 0 Å². The zero-order valence-electron chi connectivity index (χ0n) is 11.3. The summed E-state index contributed by atoms with van der Waals surface area (Å²) in [5.41, 5.74) is 3.27. The average molecular weight is 251 g/mol. The number of rotatable bonds is 3. The van der Waals surface area contributed by atoms with Crippen molar-refractivity contribution in [2.24, 2.45) is 0 Å². The van der Waals surface area contributed by atoms with Gasteiger partial charge in [0.1, 0.15) is 0 Å². The number of piperidine rings is 1. The van der Waals surface area contributed by atoms with Crippen molar-refractivity contribution in [1.82, 2.24) is 5.32 Å². The topological polar surface area (TPSA) is 12.0 Å². The van der Waals surface area contributed by atoms with E-state index in [-0.39, 0.29) is 0 Å². The number of hydrogen-bond acceptors (Lipinski definition) is 1. The largest absolute Gasteiger partial charge is 0.317 e. The van der Waals surface area contributed by atoms with Crippen molar-refractivity contribution in [2.45, 2.75) is 24.7 Å². The monoisotopic (exact) mass is 251 g/mol. The summed E-state index contributed by atoms with van der Waals surface area (Å²) >= 11 is 0. The molecule has 0 aromatic heterocycles. The minimum absolute atomic E-state index is 0.313. The molecule has 1 saturated heterocycles. The molecule has 0 atom stereocenters. The molecule has 1 nitrogen and oxygen atoms in total. The van der Waals surface area contributed by atoms with Crippen LogP contribution in [0.5, 0.6) is 0 Å². The normalized spacial score (nSPS) is 18.1. The molecule has 19 heavy (non-hydrogen) atoms. The molecule has 0 saturated carbocycles. The SMILES string of the molecule is c1ccc(CC2(c3ccccc3)CCNCC2)cc1. The third-order valence-electron chi connectivity index (χ3n) is 4.33. The maximum atomic E-state index is 3.50. The van der Waals surface area contributed by atoms with Gasteiger partial charge < -0.3 is 5.32 Å². The Morgan fingerprint density at radius 3 is 2.00 bits per heavy atom. The van der Waals surface area contributed by atoms with Gasteiger partial charge in [-0.3, -0.25) is 0 Å². The fourth-order valence-corrected chi connectivity index (χ4v) is 3.25. The molecule has 1 aliphatic heterocycles. The summed E-state index contributed by atoms with van der Waals surface area (Å²) in [7, 11) is 0. The summed E-state index contributed by atoms with van der Waals surface area (Å²) in [6.07, 6.45) is 3.61. The van der Waals surface area contributed by atoms with Crippen molar-refractivity contribution >= 4 is 0 Å². The molecule has 1 fully saturated rings. The molecule has 3 rings (SSSR count). The molecular weight excluding hydrogens is 230 g/mol. The Morgan fingerprint density at radius 2 is 1.37 bits per heavy atom. The van der Waals surface area contributed by atoms with E-state index in [2.05, 4.69) is 66.0 Å². The molecule has 0 spiro atoms. The van der Waals surface area contributed by atoms with E-state index in [4.69, 9.17) is 0 Å². The van der Waals surface area contributed by atoms with Crippen molar-refractivity contribution in [3.8, 4) is 0 Å². The standard InChI is InChI=1S/C18H21N/c1-3-7-16(8-4-1)15-18(11-13-19-14-12-18)17-9-5-2-6-10-17/h1-10,19H,11-15H2. The Balaban J connectivity index is 1.93. The van der Waals surface area contributed by atoms with Crippen molar-refractivity contribution in [3.63, 3.8) is 0 Å². The van der Waals surface area contributed by atoms with Gasteiger partial charge in [-0.05, 0) is 43.5 Å². The predicted molar refractivity (Wildman–Crippen MR) is 80.4 cm³/mol. The third kappa shape index (κ3) is 2.71. The highest BCUT2D eigenvalue weighted by Crippen LogP contribution is 2.36. The first-order chi connectivity index (χ1) is 9.39. The molecular formula is C18H21N. The van der Waals surface area contributed by atoms with Gasteiger partial charge in [-0.2, -0.15) is 0 Å². The van der Waals surface area contributed by atoms with E-state index in [0.717, 1.165) is 19.5 Å². The Labute approximate surface area is 115 Å². The Bertz CT molecular complexity index is 498. The molecule has 0 unspecified atom stereocenters. The highest BCUT2D eigenvalue weighted by Gasteiger charge is 2.33. The Morgan fingerprint density at radius 1 is 0.789 bits per heavy atom. The van der Waals surface area contributed by atoms with E-state index in [1.165, 1.54) is 24.0 Å². The lowest BCUT2D eigenvalue weighted by atomic mass is 9.69. The van der Waals surface area contributed by atoms with Crippen LogP contribution >= 0.6 is 0 Å². The highest BCUT2D eigenvalue weighted by molar-refractivity contribution is 5.30. The van der Waals surface area contributed by atoms with Crippen LogP contribution < -0.4 is 5.32 Å². The van der Waals surface area contributed by atoms with E-state index in [1.807, 2.05) is 0 Å². The second-order valence-electron chi connectivity index (χ2n) is 5.56. The van der Waals surface area contributed by atoms with Crippen LogP contribution in [-0.2, 0) is 11.8 Å². The van der Waals surface area contributed by atoms with Crippen LogP contribution in [0.2, 0.25) is 0 Å². The van der Waals surface area contributed by atoms with Crippen LogP contribution in [0.15, 0.2) is 60.7 Å². The summed E-state index contributed by atoms with van der Waals surface area (Å²) < 4.78 is 0. The van der Waals surface area contributed by atoms with Crippen LogP contribution in [0.3, 0.4) is 0 Å². The zero-order chi connectivity index (χ0) is 13.0. The molecule has 1 heteroatoms. The fraction of sp³-hybridized carbons (Fsp3) is 0.333. The van der Waals surface area contributed by atoms with E-state index in [0.29, 0.717) is 5.41 Å². The summed E-state index contributed by atoms with van der Waals surface area (Å²) in [6.45, 7) is 2.25. The number of nitrogens with one attached hydrogen (secondary N) is 1. The molecule has 0 aliphatic carbocycles. The maximum Gasteiger partial charge on any atom is 0.00174 e. The van der Waals surface area contributed by atoms with Crippen molar-refractivity contribution in [3.05, 3.63) is 71.8 Å². The van der Waals surface area contributed by atoms with Gasteiger partial charge in [0.15, 0.2) is 0 Å². The third-order valence-corrected chi connectivity index (χ3v) is 4.33. The van der Waals surface area contributed by atoms with Gasteiger partial charge in [0, 0.05) is 5.41 Å². The summed E-state index contributed by atoms with van der Waals surface area (Å²) in [5, 5.41) is 3.50. The van der Waals surface area contributed by atoms with Crippen molar-refractivity contribution in [1.29, 1.82) is 0 Å². The van der Waals surface area contributed by atoms with E-state index < -0.39 is 0 Å². The smallest absolute Gasteiger partial charge is 0.00174 e. The number of hydrogen-bond donors (Lipinski definition) is 1. The molecule has 0 amide bonds. The van der Waals surface area contributed by atoms with E-state index in [1.54, 1.807) is 0 Å². The summed E-state index contributed by atoms with van der Waals surface area (Å²) in [6, 6.07) is 22.0. The molecule has 2 aromatic rings. The van der Waals surface area contributed by atoms with Gasteiger partial charge in [-0.25, -0.2) is 0 Å². The van der Waals surface area contributed by atoms with E-state index in [9.17, 15) is 0 Å². The first-order valence-corrected chi connectivity index (χ1v) is 7.19. The molecule has 1 heterocycles. The first kappa shape index (κ1) is 12.4. The Hall–Kier alpha value is -1.60.